The number of rotatable bonds is 9. The standard InChI is InChI=1S/C15H27N3OS2/c1-12(2)8-9-19-10-11-20-15-18-17-14(21-15)16-13-6-4-3-5-7-13/h12-13H,3-11H2,1-2H3,(H,16,17). The van der Waals surface area contributed by atoms with Crippen molar-refractivity contribution in [3.05, 3.63) is 0 Å². The van der Waals surface area contributed by atoms with Gasteiger partial charge in [-0.3, -0.25) is 0 Å². The molecule has 1 N–H and O–H groups in total. The molecule has 1 aromatic heterocycles. The Balaban J connectivity index is 1.59. The number of anilines is 1. The largest absolute Gasteiger partial charge is 0.381 e. The van der Waals surface area contributed by atoms with Crippen molar-refractivity contribution >= 4 is 28.2 Å². The van der Waals surface area contributed by atoms with Gasteiger partial charge in [-0.15, -0.1) is 10.2 Å². The normalized spacial score (nSPS) is 16.5. The predicted molar refractivity (Wildman–Crippen MR) is 91.4 cm³/mol. The fourth-order valence-corrected chi connectivity index (χ4v) is 4.11. The molecule has 4 nitrogen and oxygen atoms in total. The number of nitrogens with zero attached hydrogens (tertiary/aromatic N) is 2. The van der Waals surface area contributed by atoms with Gasteiger partial charge in [-0.1, -0.05) is 56.2 Å². The van der Waals surface area contributed by atoms with E-state index in [1.54, 1.807) is 23.1 Å². The third-order valence-electron chi connectivity index (χ3n) is 3.63. The zero-order chi connectivity index (χ0) is 14.9. The highest BCUT2D eigenvalue weighted by Crippen LogP contribution is 2.28. The van der Waals surface area contributed by atoms with Crippen molar-refractivity contribution in [1.29, 1.82) is 0 Å². The minimum atomic E-state index is 0.601. The van der Waals surface area contributed by atoms with E-state index in [0.717, 1.165) is 34.9 Å². The Morgan fingerprint density at radius 2 is 2.05 bits per heavy atom. The lowest BCUT2D eigenvalue weighted by atomic mass is 9.96. The third kappa shape index (κ3) is 6.98. The first-order valence-electron chi connectivity index (χ1n) is 8.04. The van der Waals surface area contributed by atoms with Gasteiger partial charge in [0.2, 0.25) is 5.13 Å². The first kappa shape index (κ1) is 17.0. The highest BCUT2D eigenvalue weighted by molar-refractivity contribution is 8.01. The molecule has 0 spiro atoms. The average Bonchev–Trinajstić information content (AvgIpc) is 2.91. The minimum Gasteiger partial charge on any atom is -0.381 e. The molecule has 1 aliphatic rings. The fraction of sp³-hybridized carbons (Fsp3) is 0.867. The number of ether oxygens (including phenoxy) is 1. The van der Waals surface area contributed by atoms with Crippen molar-refractivity contribution in [1.82, 2.24) is 10.2 Å². The molecule has 0 saturated heterocycles. The van der Waals surface area contributed by atoms with Crippen LogP contribution in [0.3, 0.4) is 0 Å². The zero-order valence-corrected chi connectivity index (χ0v) is 14.8. The summed E-state index contributed by atoms with van der Waals surface area (Å²) < 4.78 is 6.66. The van der Waals surface area contributed by atoms with Crippen LogP contribution in [0.2, 0.25) is 0 Å². The predicted octanol–water partition coefficient (Wildman–Crippen LogP) is 4.44. The van der Waals surface area contributed by atoms with Crippen molar-refractivity contribution < 1.29 is 4.74 Å². The van der Waals surface area contributed by atoms with E-state index in [2.05, 4.69) is 29.4 Å². The Morgan fingerprint density at radius 3 is 2.81 bits per heavy atom. The quantitative estimate of drug-likeness (QED) is 0.536. The summed E-state index contributed by atoms with van der Waals surface area (Å²) in [5.74, 6) is 1.67. The van der Waals surface area contributed by atoms with Crippen molar-refractivity contribution in [2.45, 2.75) is 62.8 Å². The van der Waals surface area contributed by atoms with Crippen molar-refractivity contribution in [2.75, 3.05) is 24.3 Å². The van der Waals surface area contributed by atoms with Crippen LogP contribution < -0.4 is 5.32 Å². The molecule has 1 aliphatic carbocycles. The van der Waals surface area contributed by atoms with E-state index in [1.165, 1.54) is 32.1 Å². The van der Waals surface area contributed by atoms with Crippen LogP contribution in [0.1, 0.15) is 52.4 Å². The van der Waals surface area contributed by atoms with E-state index >= 15 is 0 Å². The van der Waals surface area contributed by atoms with E-state index in [4.69, 9.17) is 4.74 Å². The molecule has 0 amide bonds. The van der Waals surface area contributed by atoms with E-state index in [0.29, 0.717) is 12.0 Å². The van der Waals surface area contributed by atoms with Gasteiger partial charge in [-0.25, -0.2) is 0 Å². The van der Waals surface area contributed by atoms with Gasteiger partial charge in [0.1, 0.15) is 0 Å². The van der Waals surface area contributed by atoms with Crippen LogP contribution in [-0.4, -0.2) is 35.2 Å². The van der Waals surface area contributed by atoms with E-state index < -0.39 is 0 Å². The maximum Gasteiger partial charge on any atom is 0.206 e. The molecule has 0 atom stereocenters. The number of hydrogen-bond acceptors (Lipinski definition) is 6. The molecule has 21 heavy (non-hydrogen) atoms. The van der Waals surface area contributed by atoms with E-state index in [-0.39, 0.29) is 0 Å². The van der Waals surface area contributed by atoms with Gasteiger partial charge in [0, 0.05) is 18.4 Å². The molecule has 0 unspecified atom stereocenters. The van der Waals surface area contributed by atoms with Crippen molar-refractivity contribution in [2.24, 2.45) is 5.92 Å². The Bertz CT molecular complexity index is 392. The van der Waals surface area contributed by atoms with Crippen LogP contribution in [0.5, 0.6) is 0 Å². The van der Waals surface area contributed by atoms with Gasteiger partial charge in [0.15, 0.2) is 4.34 Å². The van der Waals surface area contributed by atoms with E-state index in [9.17, 15) is 0 Å². The molecule has 1 fully saturated rings. The number of aromatic nitrogens is 2. The monoisotopic (exact) mass is 329 g/mol. The van der Waals surface area contributed by atoms with Crippen LogP contribution in [0.25, 0.3) is 0 Å². The van der Waals surface area contributed by atoms with Gasteiger partial charge in [0.25, 0.3) is 0 Å². The van der Waals surface area contributed by atoms with Crippen molar-refractivity contribution in [3.8, 4) is 0 Å². The van der Waals surface area contributed by atoms with Crippen LogP contribution >= 0.6 is 23.1 Å². The Morgan fingerprint density at radius 1 is 1.24 bits per heavy atom. The molecule has 0 radical (unpaired) electrons. The second-order valence-electron chi connectivity index (χ2n) is 6.00. The summed E-state index contributed by atoms with van der Waals surface area (Å²) in [5.41, 5.74) is 0. The maximum atomic E-state index is 5.61. The van der Waals surface area contributed by atoms with Crippen LogP contribution in [0, 0.1) is 5.92 Å². The topological polar surface area (TPSA) is 47.0 Å². The molecule has 0 bridgehead atoms. The lowest BCUT2D eigenvalue weighted by molar-refractivity contribution is 0.138. The summed E-state index contributed by atoms with van der Waals surface area (Å²) in [6.45, 7) is 6.10. The minimum absolute atomic E-state index is 0.601. The highest BCUT2D eigenvalue weighted by atomic mass is 32.2. The molecule has 2 rings (SSSR count). The van der Waals surface area contributed by atoms with Gasteiger partial charge in [-0.2, -0.15) is 0 Å². The van der Waals surface area contributed by atoms with Gasteiger partial charge >= 0.3 is 0 Å². The fourth-order valence-electron chi connectivity index (χ4n) is 2.36. The smallest absolute Gasteiger partial charge is 0.206 e. The third-order valence-corrected chi connectivity index (χ3v) is 5.58. The average molecular weight is 330 g/mol. The Kier molecular flexibility index (Phi) is 7.82. The lowest BCUT2D eigenvalue weighted by Crippen LogP contribution is -2.21. The van der Waals surface area contributed by atoms with E-state index in [1.807, 2.05) is 0 Å². The lowest BCUT2D eigenvalue weighted by Gasteiger charge is -2.21. The van der Waals surface area contributed by atoms with Gasteiger partial charge in [-0.05, 0) is 25.2 Å². The van der Waals surface area contributed by atoms with Crippen LogP contribution in [-0.2, 0) is 4.74 Å². The second kappa shape index (κ2) is 9.64. The summed E-state index contributed by atoms with van der Waals surface area (Å²) in [4.78, 5) is 0. The van der Waals surface area contributed by atoms with Crippen molar-refractivity contribution in [3.63, 3.8) is 0 Å². The molecular weight excluding hydrogens is 302 g/mol. The number of thioether (sulfide) groups is 1. The molecule has 1 saturated carbocycles. The Labute approximate surface area is 136 Å². The summed E-state index contributed by atoms with van der Waals surface area (Å²) in [6, 6.07) is 0.601. The summed E-state index contributed by atoms with van der Waals surface area (Å²) >= 11 is 3.41. The van der Waals surface area contributed by atoms with Crippen LogP contribution in [0.4, 0.5) is 5.13 Å². The number of hydrogen-bond donors (Lipinski definition) is 1. The first-order valence-corrected chi connectivity index (χ1v) is 9.85. The first-order chi connectivity index (χ1) is 10.2. The summed E-state index contributed by atoms with van der Waals surface area (Å²) in [5, 5.41) is 13.0. The molecule has 1 heterocycles. The highest BCUT2D eigenvalue weighted by Gasteiger charge is 2.15. The molecular formula is C15H27N3OS2. The summed E-state index contributed by atoms with van der Waals surface area (Å²) in [6.07, 6.45) is 7.74. The maximum absolute atomic E-state index is 5.61. The molecule has 0 aromatic carbocycles. The van der Waals surface area contributed by atoms with Gasteiger partial charge < -0.3 is 10.1 Å². The molecule has 120 valence electrons. The van der Waals surface area contributed by atoms with Crippen LogP contribution in [0.15, 0.2) is 4.34 Å². The van der Waals surface area contributed by atoms with Gasteiger partial charge in [0.05, 0.1) is 6.61 Å². The SMILES string of the molecule is CC(C)CCOCCSc1nnc(NC2CCCCC2)s1. The molecule has 6 heteroatoms. The summed E-state index contributed by atoms with van der Waals surface area (Å²) in [7, 11) is 0. The number of nitrogens with one attached hydrogen (secondary N) is 1. The Hall–Kier alpha value is -0.330. The second-order valence-corrected chi connectivity index (χ2v) is 8.32. The molecule has 0 aliphatic heterocycles. The molecule has 1 aromatic rings. The zero-order valence-electron chi connectivity index (χ0n) is 13.1.